The van der Waals surface area contributed by atoms with Gasteiger partial charge in [0.05, 0.1) is 12.6 Å². The third-order valence-corrected chi connectivity index (χ3v) is 5.79. The lowest BCUT2D eigenvalue weighted by molar-refractivity contribution is -0.685. The Hall–Kier alpha value is -1.22. The van der Waals surface area contributed by atoms with E-state index in [9.17, 15) is 4.79 Å². The average Bonchev–Trinajstić information content (AvgIpc) is 2.86. The van der Waals surface area contributed by atoms with E-state index < -0.39 is 14.4 Å². The summed E-state index contributed by atoms with van der Waals surface area (Å²) >= 11 is 0. The highest BCUT2D eigenvalue weighted by molar-refractivity contribution is 6.60. The molecule has 0 aliphatic heterocycles. The standard InChI is InChI=1S/C14H27N2O5Si/c1-14(2,3)21-13(17)11-16-8-7-15(12-16)9-10-22(18-4,19-5)20-6/h7-8,12H,9-11H2,1-6H3/q+1. The number of nitrogens with zero attached hydrogens (tertiary/aromatic N) is 2. The minimum Gasteiger partial charge on any atom is -0.457 e. The summed E-state index contributed by atoms with van der Waals surface area (Å²) < 4.78 is 25.2. The molecule has 1 rings (SSSR count). The van der Waals surface area contributed by atoms with Gasteiger partial charge in [0.2, 0.25) is 6.33 Å². The first-order chi connectivity index (χ1) is 10.2. The third-order valence-electron chi connectivity index (χ3n) is 3.09. The Bertz CT molecular complexity index is 472. The molecule has 1 heterocycles. The fraction of sp³-hybridized carbons (Fsp3) is 0.714. The summed E-state index contributed by atoms with van der Waals surface area (Å²) in [7, 11) is 2.21. The van der Waals surface area contributed by atoms with Crippen LogP contribution >= 0.6 is 0 Å². The van der Waals surface area contributed by atoms with Gasteiger partial charge < -0.3 is 18.0 Å². The van der Waals surface area contributed by atoms with Gasteiger partial charge in [-0.25, -0.2) is 13.9 Å². The summed E-state index contributed by atoms with van der Waals surface area (Å²) in [5, 5.41) is 0. The van der Waals surface area contributed by atoms with Crippen LogP contribution in [0.25, 0.3) is 0 Å². The molecule has 0 bridgehead atoms. The first-order valence-corrected chi connectivity index (χ1v) is 9.09. The van der Waals surface area contributed by atoms with Crippen molar-refractivity contribution in [2.45, 2.75) is 45.5 Å². The number of carbonyl (C=O) groups excluding carboxylic acids is 1. The molecule has 0 atom stereocenters. The van der Waals surface area contributed by atoms with Gasteiger partial charge in [-0.05, 0) is 20.8 Å². The van der Waals surface area contributed by atoms with E-state index in [1.807, 2.05) is 44.1 Å². The molecule has 7 nitrogen and oxygen atoms in total. The van der Waals surface area contributed by atoms with Gasteiger partial charge in [-0.1, -0.05) is 0 Å². The third kappa shape index (κ3) is 5.88. The summed E-state index contributed by atoms with van der Waals surface area (Å²) in [6.07, 6.45) is 5.58. The number of carbonyl (C=O) groups is 1. The second kappa shape index (κ2) is 7.86. The number of imidazole rings is 1. The highest BCUT2D eigenvalue weighted by atomic mass is 28.4. The van der Waals surface area contributed by atoms with Crippen molar-refractivity contribution in [1.29, 1.82) is 0 Å². The monoisotopic (exact) mass is 331 g/mol. The second-order valence-electron chi connectivity index (χ2n) is 5.96. The summed E-state index contributed by atoms with van der Waals surface area (Å²) in [5.41, 5.74) is -0.471. The fourth-order valence-electron chi connectivity index (χ4n) is 2.01. The van der Waals surface area contributed by atoms with E-state index in [-0.39, 0.29) is 12.5 Å². The van der Waals surface area contributed by atoms with Gasteiger partial charge in [0.15, 0.2) is 6.54 Å². The maximum Gasteiger partial charge on any atom is 0.504 e. The Morgan fingerprint density at radius 3 is 2.27 bits per heavy atom. The van der Waals surface area contributed by atoms with Crippen LogP contribution in [0.15, 0.2) is 18.7 Å². The molecule has 0 N–H and O–H groups in total. The quantitative estimate of drug-likeness (QED) is 0.404. The minimum absolute atomic E-state index is 0.186. The van der Waals surface area contributed by atoms with E-state index >= 15 is 0 Å². The molecular formula is C14H27N2O5Si+. The maximum atomic E-state index is 11.8. The Balaban J connectivity index is 2.56. The van der Waals surface area contributed by atoms with Gasteiger partial charge in [0, 0.05) is 21.3 Å². The molecule has 0 saturated heterocycles. The SMILES string of the molecule is CO[Si](CCn1cc[n+](CC(=O)OC(C)(C)C)c1)(OC)OC. The molecule has 0 amide bonds. The lowest BCUT2D eigenvalue weighted by atomic mass is 10.2. The second-order valence-corrected chi connectivity index (χ2v) is 9.05. The van der Waals surface area contributed by atoms with Crippen molar-refractivity contribution >= 4 is 14.8 Å². The van der Waals surface area contributed by atoms with Crippen LogP contribution in [-0.2, 0) is 35.9 Å². The Kier molecular flexibility index (Phi) is 6.73. The predicted octanol–water partition coefficient (Wildman–Crippen LogP) is 0.995. The maximum absolute atomic E-state index is 11.8. The Morgan fingerprint density at radius 1 is 1.18 bits per heavy atom. The Labute approximate surface area is 133 Å². The molecule has 8 heteroatoms. The van der Waals surface area contributed by atoms with Crippen LogP contribution in [0.5, 0.6) is 0 Å². The zero-order valence-corrected chi connectivity index (χ0v) is 15.3. The molecule has 1 aromatic rings. The van der Waals surface area contributed by atoms with Crippen molar-refractivity contribution in [3.8, 4) is 0 Å². The minimum atomic E-state index is -2.58. The zero-order valence-electron chi connectivity index (χ0n) is 14.3. The first-order valence-electron chi connectivity index (χ1n) is 7.16. The van der Waals surface area contributed by atoms with Gasteiger partial charge in [0.1, 0.15) is 18.0 Å². The van der Waals surface area contributed by atoms with Crippen LogP contribution in [0.4, 0.5) is 0 Å². The topological polar surface area (TPSA) is 62.8 Å². The van der Waals surface area contributed by atoms with Crippen molar-refractivity contribution in [2.75, 3.05) is 21.3 Å². The normalized spacial score (nSPS) is 12.5. The van der Waals surface area contributed by atoms with E-state index in [4.69, 9.17) is 18.0 Å². The molecule has 0 saturated carbocycles. The summed E-state index contributed by atoms with van der Waals surface area (Å²) in [5.74, 6) is -0.260. The molecule has 0 spiro atoms. The molecule has 0 fully saturated rings. The molecule has 0 aliphatic carbocycles. The van der Waals surface area contributed by atoms with Crippen molar-refractivity contribution < 1.29 is 27.4 Å². The fourth-order valence-corrected chi connectivity index (χ4v) is 3.65. The van der Waals surface area contributed by atoms with Crippen molar-refractivity contribution in [3.05, 3.63) is 18.7 Å². The van der Waals surface area contributed by atoms with Crippen LogP contribution in [0.2, 0.25) is 6.04 Å². The van der Waals surface area contributed by atoms with E-state index in [0.717, 1.165) is 0 Å². The lowest BCUT2D eigenvalue weighted by Crippen LogP contribution is -2.43. The van der Waals surface area contributed by atoms with Gasteiger partial charge in [-0.3, -0.25) is 0 Å². The number of rotatable bonds is 8. The first kappa shape index (κ1) is 18.8. The van der Waals surface area contributed by atoms with E-state index in [1.54, 1.807) is 25.9 Å². The van der Waals surface area contributed by atoms with Crippen molar-refractivity contribution in [1.82, 2.24) is 4.57 Å². The summed E-state index contributed by atoms with van der Waals surface area (Å²) in [4.78, 5) is 11.8. The van der Waals surface area contributed by atoms with Crippen LogP contribution in [0.3, 0.4) is 0 Å². The predicted molar refractivity (Wildman–Crippen MR) is 82.1 cm³/mol. The number of aryl methyl sites for hydroxylation is 1. The van der Waals surface area contributed by atoms with Gasteiger partial charge in [-0.2, -0.15) is 0 Å². The van der Waals surface area contributed by atoms with Crippen LogP contribution in [-0.4, -0.2) is 46.3 Å². The van der Waals surface area contributed by atoms with Crippen LogP contribution in [0.1, 0.15) is 20.8 Å². The molecule has 0 unspecified atom stereocenters. The van der Waals surface area contributed by atoms with Crippen LogP contribution < -0.4 is 4.57 Å². The number of hydrogen-bond acceptors (Lipinski definition) is 5. The Morgan fingerprint density at radius 2 is 1.77 bits per heavy atom. The van der Waals surface area contributed by atoms with Crippen molar-refractivity contribution in [2.24, 2.45) is 0 Å². The van der Waals surface area contributed by atoms with E-state index in [0.29, 0.717) is 12.6 Å². The highest BCUT2D eigenvalue weighted by Crippen LogP contribution is 2.13. The van der Waals surface area contributed by atoms with E-state index in [2.05, 4.69) is 0 Å². The number of ether oxygens (including phenoxy) is 1. The van der Waals surface area contributed by atoms with E-state index in [1.165, 1.54) is 0 Å². The van der Waals surface area contributed by atoms with Gasteiger partial charge in [-0.15, -0.1) is 0 Å². The van der Waals surface area contributed by atoms with Gasteiger partial charge >= 0.3 is 14.8 Å². The molecular weight excluding hydrogens is 304 g/mol. The van der Waals surface area contributed by atoms with Gasteiger partial charge in [0.25, 0.3) is 0 Å². The highest BCUT2D eigenvalue weighted by Gasteiger charge is 2.38. The van der Waals surface area contributed by atoms with Crippen LogP contribution in [0, 0.1) is 0 Å². The molecule has 126 valence electrons. The lowest BCUT2D eigenvalue weighted by Gasteiger charge is -2.23. The number of aromatic nitrogens is 2. The summed E-state index contributed by atoms with van der Waals surface area (Å²) in [6.45, 7) is 6.43. The summed E-state index contributed by atoms with van der Waals surface area (Å²) in [6, 6.07) is 0.650. The average molecular weight is 331 g/mol. The molecule has 1 aromatic heterocycles. The molecule has 22 heavy (non-hydrogen) atoms. The molecule has 0 aliphatic rings. The van der Waals surface area contributed by atoms with Crippen molar-refractivity contribution in [3.63, 3.8) is 0 Å². The number of hydrogen-bond donors (Lipinski definition) is 0. The molecule has 0 radical (unpaired) electrons. The zero-order chi connectivity index (χ0) is 16.8. The molecule has 0 aromatic carbocycles. The number of esters is 1. The largest absolute Gasteiger partial charge is 0.504 e. The smallest absolute Gasteiger partial charge is 0.457 e.